The van der Waals surface area contributed by atoms with Crippen LogP contribution < -0.4 is 10.2 Å². The van der Waals surface area contributed by atoms with E-state index < -0.39 is 0 Å². The van der Waals surface area contributed by atoms with Crippen LogP contribution in [-0.4, -0.2) is 53.5 Å². The summed E-state index contributed by atoms with van der Waals surface area (Å²) < 4.78 is 0. The standard InChI is InChI=1S/C17H23N5OS2/c1-12-2-3-13-14(10-12)25-16(19-13)20-15(23)11-21-5-7-22(8-6-21)17-18-4-9-24-17/h4,9,12H,2-3,5-8,10-11H2,1H3,(H,19,20,23). The molecule has 0 aromatic carbocycles. The van der Waals surface area contributed by atoms with Crippen molar-refractivity contribution in [3.05, 3.63) is 22.1 Å². The summed E-state index contributed by atoms with van der Waals surface area (Å²) in [6, 6.07) is 0. The van der Waals surface area contributed by atoms with Gasteiger partial charge in [-0.2, -0.15) is 0 Å². The van der Waals surface area contributed by atoms with Crippen molar-refractivity contribution >= 4 is 38.8 Å². The molecule has 1 aliphatic heterocycles. The van der Waals surface area contributed by atoms with Crippen LogP contribution in [0.15, 0.2) is 11.6 Å². The lowest BCUT2D eigenvalue weighted by Crippen LogP contribution is -2.48. The lowest BCUT2D eigenvalue weighted by molar-refractivity contribution is -0.117. The second kappa shape index (κ2) is 7.39. The number of nitrogens with zero attached hydrogens (tertiary/aromatic N) is 4. The fraction of sp³-hybridized carbons (Fsp3) is 0.588. The number of piperazine rings is 1. The SMILES string of the molecule is CC1CCc2nc(NC(=O)CN3CCN(c4nccs4)CC3)sc2C1. The summed E-state index contributed by atoms with van der Waals surface area (Å²) in [5, 5.41) is 6.85. The zero-order chi connectivity index (χ0) is 17.2. The molecule has 1 atom stereocenters. The molecule has 0 saturated carbocycles. The van der Waals surface area contributed by atoms with Crippen molar-refractivity contribution in [2.75, 3.05) is 42.9 Å². The highest BCUT2D eigenvalue weighted by molar-refractivity contribution is 7.15. The van der Waals surface area contributed by atoms with Crippen molar-refractivity contribution in [2.24, 2.45) is 5.92 Å². The van der Waals surface area contributed by atoms with Gasteiger partial charge in [-0.25, -0.2) is 9.97 Å². The van der Waals surface area contributed by atoms with Gasteiger partial charge in [-0.3, -0.25) is 9.69 Å². The van der Waals surface area contributed by atoms with Gasteiger partial charge >= 0.3 is 0 Å². The predicted molar refractivity (Wildman–Crippen MR) is 103 cm³/mol. The van der Waals surface area contributed by atoms with Crippen LogP contribution in [0.5, 0.6) is 0 Å². The number of carbonyl (C=O) groups excluding carboxylic acids is 1. The summed E-state index contributed by atoms with van der Waals surface area (Å²) in [5.74, 6) is 0.771. The van der Waals surface area contributed by atoms with Gasteiger partial charge in [-0.1, -0.05) is 6.92 Å². The molecule has 0 radical (unpaired) electrons. The number of amides is 1. The third-order valence-electron chi connectivity index (χ3n) is 4.86. The Kier molecular flexibility index (Phi) is 5.00. The molecule has 1 aliphatic carbocycles. The Bertz CT molecular complexity index is 721. The first-order chi connectivity index (χ1) is 12.2. The van der Waals surface area contributed by atoms with Gasteiger partial charge in [0.05, 0.1) is 12.2 Å². The van der Waals surface area contributed by atoms with Crippen LogP contribution in [-0.2, 0) is 17.6 Å². The number of nitrogens with one attached hydrogen (secondary N) is 1. The number of anilines is 2. The quantitative estimate of drug-likeness (QED) is 0.887. The molecule has 1 N–H and O–H groups in total. The van der Waals surface area contributed by atoms with Crippen molar-refractivity contribution in [1.29, 1.82) is 0 Å². The van der Waals surface area contributed by atoms with E-state index in [4.69, 9.17) is 0 Å². The molecule has 0 bridgehead atoms. The highest BCUT2D eigenvalue weighted by Gasteiger charge is 2.23. The van der Waals surface area contributed by atoms with Gasteiger partial charge in [0.15, 0.2) is 10.3 Å². The molecule has 25 heavy (non-hydrogen) atoms. The summed E-state index contributed by atoms with van der Waals surface area (Å²) in [6.07, 6.45) is 5.19. The minimum atomic E-state index is 0.0434. The first kappa shape index (κ1) is 16.9. The van der Waals surface area contributed by atoms with Gasteiger partial charge in [-0.05, 0) is 25.2 Å². The van der Waals surface area contributed by atoms with E-state index in [-0.39, 0.29) is 5.91 Å². The fourth-order valence-electron chi connectivity index (χ4n) is 3.42. The van der Waals surface area contributed by atoms with Crippen molar-refractivity contribution in [3.8, 4) is 0 Å². The lowest BCUT2D eigenvalue weighted by atomic mass is 9.93. The molecule has 1 unspecified atom stereocenters. The average molecular weight is 378 g/mol. The number of carbonyl (C=O) groups is 1. The molecule has 1 amide bonds. The van der Waals surface area contributed by atoms with Crippen LogP contribution in [0, 0.1) is 5.92 Å². The highest BCUT2D eigenvalue weighted by atomic mass is 32.1. The van der Waals surface area contributed by atoms with Crippen molar-refractivity contribution in [2.45, 2.75) is 26.2 Å². The molecule has 0 spiro atoms. The topological polar surface area (TPSA) is 61.4 Å². The molecule has 1 saturated heterocycles. The van der Waals surface area contributed by atoms with E-state index >= 15 is 0 Å². The number of rotatable bonds is 4. The zero-order valence-corrected chi connectivity index (χ0v) is 16.0. The summed E-state index contributed by atoms with van der Waals surface area (Å²) in [7, 11) is 0. The average Bonchev–Trinajstić information content (AvgIpc) is 3.24. The maximum absolute atomic E-state index is 12.4. The summed E-state index contributed by atoms with van der Waals surface area (Å²) in [4.78, 5) is 27.2. The number of fused-ring (bicyclic) bond motifs is 1. The minimum Gasteiger partial charge on any atom is -0.346 e. The maximum atomic E-state index is 12.4. The Labute approximate surface area is 155 Å². The first-order valence-corrected chi connectivity index (χ1v) is 10.5. The molecular formula is C17H23N5OS2. The van der Waals surface area contributed by atoms with E-state index in [0.29, 0.717) is 6.54 Å². The molecule has 2 aromatic rings. The van der Waals surface area contributed by atoms with Gasteiger partial charge < -0.3 is 10.2 Å². The normalized spacial score (nSPS) is 21.2. The number of hydrogen-bond acceptors (Lipinski definition) is 7. The van der Waals surface area contributed by atoms with Gasteiger partial charge in [-0.15, -0.1) is 22.7 Å². The van der Waals surface area contributed by atoms with Gasteiger partial charge in [0, 0.05) is 42.6 Å². The molecular weight excluding hydrogens is 354 g/mol. The highest BCUT2D eigenvalue weighted by Crippen LogP contribution is 2.32. The van der Waals surface area contributed by atoms with Crippen LogP contribution in [0.1, 0.15) is 23.9 Å². The molecule has 2 aromatic heterocycles. The number of aryl methyl sites for hydroxylation is 1. The molecule has 6 nitrogen and oxygen atoms in total. The second-order valence-corrected chi connectivity index (χ2v) is 8.82. The van der Waals surface area contributed by atoms with E-state index in [1.807, 2.05) is 11.6 Å². The van der Waals surface area contributed by atoms with E-state index in [1.165, 1.54) is 17.0 Å². The maximum Gasteiger partial charge on any atom is 0.240 e. The van der Waals surface area contributed by atoms with Crippen LogP contribution in [0.25, 0.3) is 0 Å². The Hall–Kier alpha value is -1.51. The Morgan fingerprint density at radius 3 is 2.96 bits per heavy atom. The first-order valence-electron chi connectivity index (χ1n) is 8.82. The predicted octanol–water partition coefficient (Wildman–Crippen LogP) is 2.49. The summed E-state index contributed by atoms with van der Waals surface area (Å²) in [5.41, 5.74) is 1.19. The third-order valence-corrected chi connectivity index (χ3v) is 6.73. The van der Waals surface area contributed by atoms with Gasteiger partial charge in [0.1, 0.15) is 0 Å². The molecule has 8 heteroatoms. The minimum absolute atomic E-state index is 0.0434. The third kappa shape index (κ3) is 4.02. The molecule has 1 fully saturated rings. The Morgan fingerprint density at radius 2 is 2.20 bits per heavy atom. The van der Waals surface area contributed by atoms with Gasteiger partial charge in [0.25, 0.3) is 0 Å². The molecule has 4 rings (SSSR count). The number of aromatic nitrogens is 2. The number of hydrogen-bond donors (Lipinski definition) is 1. The zero-order valence-electron chi connectivity index (χ0n) is 14.4. The Morgan fingerprint density at radius 1 is 1.36 bits per heavy atom. The van der Waals surface area contributed by atoms with Crippen molar-refractivity contribution in [1.82, 2.24) is 14.9 Å². The van der Waals surface area contributed by atoms with E-state index in [1.54, 1.807) is 22.7 Å². The largest absolute Gasteiger partial charge is 0.346 e. The van der Waals surface area contributed by atoms with Crippen LogP contribution in [0.3, 0.4) is 0 Å². The lowest BCUT2D eigenvalue weighted by Gasteiger charge is -2.33. The second-order valence-electron chi connectivity index (χ2n) is 6.86. The molecule has 134 valence electrons. The molecule has 3 heterocycles. The summed E-state index contributed by atoms with van der Waals surface area (Å²) in [6.45, 7) is 6.34. The van der Waals surface area contributed by atoms with Gasteiger partial charge in [0.2, 0.25) is 5.91 Å². The Balaban J connectivity index is 1.27. The van der Waals surface area contributed by atoms with E-state index in [0.717, 1.165) is 55.2 Å². The molecule has 2 aliphatic rings. The smallest absolute Gasteiger partial charge is 0.240 e. The summed E-state index contributed by atoms with van der Waals surface area (Å²) >= 11 is 3.32. The van der Waals surface area contributed by atoms with E-state index in [2.05, 4.69) is 32.0 Å². The van der Waals surface area contributed by atoms with Crippen LogP contribution in [0.2, 0.25) is 0 Å². The van der Waals surface area contributed by atoms with E-state index in [9.17, 15) is 4.79 Å². The monoisotopic (exact) mass is 377 g/mol. The van der Waals surface area contributed by atoms with Crippen LogP contribution >= 0.6 is 22.7 Å². The van der Waals surface area contributed by atoms with Crippen molar-refractivity contribution < 1.29 is 4.79 Å². The number of thiazole rings is 2. The van der Waals surface area contributed by atoms with Crippen LogP contribution in [0.4, 0.5) is 10.3 Å². The fourth-order valence-corrected chi connectivity index (χ4v) is 5.31. The van der Waals surface area contributed by atoms with Crippen molar-refractivity contribution in [3.63, 3.8) is 0 Å².